The van der Waals surface area contributed by atoms with Crippen LogP contribution < -0.4 is 5.73 Å². The second-order valence-electron chi connectivity index (χ2n) is 8.33. The van der Waals surface area contributed by atoms with Crippen molar-refractivity contribution in [3.63, 3.8) is 0 Å². The van der Waals surface area contributed by atoms with E-state index in [1.54, 1.807) is 25.1 Å². The number of nitrogen functional groups attached to an aromatic ring is 1. The molecule has 2 atom stereocenters. The van der Waals surface area contributed by atoms with Crippen LogP contribution in [0.2, 0.25) is 0 Å². The van der Waals surface area contributed by atoms with Crippen LogP contribution in [0.5, 0.6) is 0 Å². The van der Waals surface area contributed by atoms with Crippen molar-refractivity contribution < 1.29 is 22.7 Å². The molecule has 1 amide bonds. The van der Waals surface area contributed by atoms with Gasteiger partial charge in [0, 0.05) is 29.3 Å². The number of ether oxygens (including phenoxy) is 1. The first-order valence-electron chi connectivity index (χ1n) is 10.6. The summed E-state index contributed by atoms with van der Waals surface area (Å²) in [6, 6.07) is 9.28. The number of hydrogen-bond acceptors (Lipinski definition) is 6. The van der Waals surface area contributed by atoms with Gasteiger partial charge in [-0.25, -0.2) is 4.98 Å². The van der Waals surface area contributed by atoms with Crippen molar-refractivity contribution in [1.82, 2.24) is 14.9 Å². The number of nitriles is 1. The Kier molecular flexibility index (Phi) is 6.15. The lowest BCUT2D eigenvalue weighted by molar-refractivity contribution is -0.137. The minimum atomic E-state index is -4.50. The van der Waals surface area contributed by atoms with E-state index in [-0.39, 0.29) is 30.8 Å². The zero-order valence-corrected chi connectivity index (χ0v) is 18.6. The van der Waals surface area contributed by atoms with Gasteiger partial charge in [0.2, 0.25) is 0 Å². The van der Waals surface area contributed by atoms with Crippen molar-refractivity contribution in [3.05, 3.63) is 64.5 Å². The smallest absolute Gasteiger partial charge is 0.383 e. The van der Waals surface area contributed by atoms with Gasteiger partial charge in [0.15, 0.2) is 0 Å². The number of pyridine rings is 2. The van der Waals surface area contributed by atoms with Crippen LogP contribution in [0.25, 0.3) is 10.9 Å². The molecule has 4 rings (SSSR count). The molecule has 0 saturated heterocycles. The van der Waals surface area contributed by atoms with E-state index in [2.05, 4.69) is 16.0 Å². The van der Waals surface area contributed by atoms with Crippen LogP contribution in [0.4, 0.5) is 19.0 Å². The minimum Gasteiger partial charge on any atom is -0.383 e. The Labute approximate surface area is 194 Å². The van der Waals surface area contributed by atoms with E-state index in [1.165, 1.54) is 11.0 Å². The molecule has 0 aliphatic carbocycles. The predicted octanol–water partition coefficient (Wildman–Crippen LogP) is 4.62. The number of anilines is 1. The third-order valence-electron chi connectivity index (χ3n) is 5.80. The van der Waals surface area contributed by atoms with Gasteiger partial charge in [0.05, 0.1) is 48.0 Å². The normalized spacial score (nSPS) is 16.2. The summed E-state index contributed by atoms with van der Waals surface area (Å²) in [5.41, 5.74) is 8.18. The van der Waals surface area contributed by atoms with Crippen molar-refractivity contribution in [2.24, 2.45) is 5.92 Å². The third kappa shape index (κ3) is 4.52. The van der Waals surface area contributed by atoms with E-state index in [9.17, 15) is 23.2 Å². The monoisotopic (exact) mass is 469 g/mol. The van der Waals surface area contributed by atoms with Gasteiger partial charge < -0.3 is 15.4 Å². The molecule has 0 radical (unpaired) electrons. The molecule has 0 fully saturated rings. The number of nitrogens with two attached hydrogens (primary N) is 1. The van der Waals surface area contributed by atoms with Crippen molar-refractivity contribution in [2.75, 3.05) is 12.3 Å². The van der Waals surface area contributed by atoms with E-state index in [0.717, 1.165) is 28.8 Å². The molecule has 3 heterocycles. The van der Waals surface area contributed by atoms with Crippen molar-refractivity contribution >= 4 is 22.6 Å². The number of amides is 1. The molecule has 34 heavy (non-hydrogen) atoms. The van der Waals surface area contributed by atoms with Crippen molar-refractivity contribution in [2.45, 2.75) is 39.3 Å². The molecule has 0 unspecified atom stereocenters. The fourth-order valence-electron chi connectivity index (χ4n) is 4.05. The van der Waals surface area contributed by atoms with Crippen molar-refractivity contribution in [3.8, 4) is 6.07 Å². The number of aromatic nitrogens is 2. The number of benzene rings is 1. The van der Waals surface area contributed by atoms with Crippen LogP contribution >= 0.6 is 0 Å². The van der Waals surface area contributed by atoms with Crippen LogP contribution in [-0.2, 0) is 24.1 Å². The second-order valence-corrected chi connectivity index (χ2v) is 8.33. The topological polar surface area (TPSA) is 105 Å². The molecule has 3 aromatic rings. The Hall–Kier alpha value is -3.71. The predicted molar refractivity (Wildman–Crippen MR) is 118 cm³/mol. The molecule has 2 N–H and O–H groups in total. The van der Waals surface area contributed by atoms with E-state index < -0.39 is 17.7 Å². The molecule has 7 nitrogen and oxygen atoms in total. The molecule has 1 aromatic carbocycles. The molecule has 176 valence electrons. The highest BCUT2D eigenvalue weighted by Gasteiger charge is 2.31. The first-order chi connectivity index (χ1) is 16.1. The minimum absolute atomic E-state index is 0.0424. The summed E-state index contributed by atoms with van der Waals surface area (Å²) in [6.45, 7) is 3.95. The van der Waals surface area contributed by atoms with Gasteiger partial charge in [0.25, 0.3) is 5.91 Å². The number of halogens is 3. The highest BCUT2D eigenvalue weighted by Crippen LogP contribution is 2.38. The molecule has 0 spiro atoms. The number of alkyl halides is 3. The largest absolute Gasteiger partial charge is 0.417 e. The maximum Gasteiger partial charge on any atom is 0.417 e. The Balaban J connectivity index is 1.67. The van der Waals surface area contributed by atoms with Crippen LogP contribution in [0.1, 0.15) is 52.7 Å². The van der Waals surface area contributed by atoms with Gasteiger partial charge in [-0.1, -0.05) is 0 Å². The molecule has 0 saturated carbocycles. The first-order valence-corrected chi connectivity index (χ1v) is 10.6. The summed E-state index contributed by atoms with van der Waals surface area (Å²) in [5.74, 6) is -0.466. The molecular formula is C24H22F3N5O2. The van der Waals surface area contributed by atoms with Crippen LogP contribution in [0.3, 0.4) is 0 Å². The van der Waals surface area contributed by atoms with Gasteiger partial charge in [0.1, 0.15) is 5.82 Å². The van der Waals surface area contributed by atoms with Gasteiger partial charge in [-0.3, -0.25) is 9.78 Å². The van der Waals surface area contributed by atoms with E-state index in [4.69, 9.17) is 10.5 Å². The maximum absolute atomic E-state index is 13.4. The lowest BCUT2D eigenvalue weighted by Gasteiger charge is -2.24. The van der Waals surface area contributed by atoms with E-state index in [0.29, 0.717) is 23.5 Å². The highest BCUT2D eigenvalue weighted by atomic mass is 19.4. The average Bonchev–Trinajstić information content (AvgIpc) is 3.20. The molecule has 1 aliphatic rings. The Morgan fingerprint density at radius 1 is 1.35 bits per heavy atom. The first kappa shape index (κ1) is 23.4. The zero-order valence-electron chi connectivity index (χ0n) is 18.6. The van der Waals surface area contributed by atoms with Gasteiger partial charge in [-0.15, -0.1) is 0 Å². The van der Waals surface area contributed by atoms with Gasteiger partial charge in [-0.2, -0.15) is 18.4 Å². The summed E-state index contributed by atoms with van der Waals surface area (Å²) in [4.78, 5) is 23.1. The average molecular weight is 469 g/mol. The quantitative estimate of drug-likeness (QED) is 0.584. The summed E-state index contributed by atoms with van der Waals surface area (Å²) in [7, 11) is 0. The van der Waals surface area contributed by atoms with Gasteiger partial charge in [-0.05, 0) is 49.7 Å². The van der Waals surface area contributed by atoms with Crippen LogP contribution in [-0.4, -0.2) is 27.3 Å². The third-order valence-corrected chi connectivity index (χ3v) is 5.80. The summed E-state index contributed by atoms with van der Waals surface area (Å²) in [5, 5.41) is 10.0. The van der Waals surface area contributed by atoms with Crippen LogP contribution in [0.15, 0.2) is 36.5 Å². The second kappa shape index (κ2) is 8.91. The molecule has 10 heteroatoms. The van der Waals surface area contributed by atoms with Crippen LogP contribution in [0, 0.1) is 17.2 Å². The molecule has 1 aliphatic heterocycles. The summed E-state index contributed by atoms with van der Waals surface area (Å²) in [6.07, 6.45) is -3.97. The lowest BCUT2D eigenvalue weighted by atomic mass is 10.00. The number of nitrogens with zero attached hydrogens (tertiary/aromatic N) is 4. The summed E-state index contributed by atoms with van der Waals surface area (Å²) >= 11 is 0. The number of hydrogen-bond donors (Lipinski definition) is 1. The number of carbonyl (C=O) groups excluding carboxylic acids is 1. The number of carbonyl (C=O) groups is 1. The number of rotatable bonds is 5. The van der Waals surface area contributed by atoms with Crippen molar-refractivity contribution in [1.29, 1.82) is 5.26 Å². The fourth-order valence-corrected chi connectivity index (χ4v) is 4.05. The zero-order chi connectivity index (χ0) is 24.6. The fraction of sp³-hybridized carbons (Fsp3) is 0.333. The Morgan fingerprint density at radius 3 is 2.76 bits per heavy atom. The molecule has 2 aromatic heterocycles. The SMILES string of the molecule is C[C@H](C#N)CN(Cc1ccc(C(F)(F)F)cn1)C(=O)c1ccc2nc(N)c3c(c2c1)CO[C@@H]3C. The Morgan fingerprint density at radius 2 is 2.12 bits per heavy atom. The number of fused-ring (bicyclic) bond motifs is 3. The molecule has 0 bridgehead atoms. The van der Waals surface area contributed by atoms with Gasteiger partial charge >= 0.3 is 6.18 Å². The standard InChI is InChI=1S/C24H22F3N5O2/c1-13(8-28)10-32(11-17-5-4-16(9-30-17)24(25,26)27)23(33)15-3-6-20-18(7-15)19-12-34-14(2)21(19)22(29)31-20/h3-7,9,13-14H,10-12H2,1-2H3,(H2,29,31)/t13-,14-/m1/s1. The van der Waals surface area contributed by atoms with E-state index in [1.807, 2.05) is 6.92 Å². The summed E-state index contributed by atoms with van der Waals surface area (Å²) < 4.78 is 44.3. The Bertz CT molecular complexity index is 1280. The molecular weight excluding hydrogens is 447 g/mol. The lowest BCUT2D eigenvalue weighted by Crippen LogP contribution is -2.34. The van der Waals surface area contributed by atoms with E-state index >= 15 is 0 Å². The maximum atomic E-state index is 13.4. The highest BCUT2D eigenvalue weighted by molar-refractivity contribution is 5.99.